The molecule has 0 aliphatic carbocycles. The number of aromatic nitrogens is 2. The number of hydrogen-bond acceptors (Lipinski definition) is 5. The summed E-state index contributed by atoms with van der Waals surface area (Å²) >= 11 is 0. The molecule has 0 spiro atoms. The second kappa shape index (κ2) is 7.90. The third-order valence-electron chi connectivity index (χ3n) is 3.23. The van der Waals surface area contributed by atoms with E-state index in [0.29, 0.717) is 30.6 Å². The van der Waals surface area contributed by atoms with Crippen LogP contribution in [0, 0.1) is 5.92 Å². The Bertz CT molecular complexity index is 525. The van der Waals surface area contributed by atoms with Crippen LogP contribution in [0.15, 0.2) is 34.9 Å². The molecule has 1 heterocycles. The zero-order valence-electron chi connectivity index (χ0n) is 12.6. The van der Waals surface area contributed by atoms with Gasteiger partial charge >= 0.3 is 0 Å². The first-order valence-electron chi connectivity index (χ1n) is 7.37. The van der Waals surface area contributed by atoms with Crippen molar-refractivity contribution in [1.29, 1.82) is 0 Å². The summed E-state index contributed by atoms with van der Waals surface area (Å²) < 4.78 is 5.23. The summed E-state index contributed by atoms with van der Waals surface area (Å²) in [5, 5.41) is 16.6. The van der Waals surface area contributed by atoms with Crippen LogP contribution in [0.2, 0.25) is 0 Å². The maximum atomic E-state index is 9.32. The van der Waals surface area contributed by atoms with Gasteiger partial charge in [0, 0.05) is 12.5 Å². The predicted molar refractivity (Wildman–Crippen MR) is 80.7 cm³/mol. The molecule has 2 aromatic rings. The van der Waals surface area contributed by atoms with Crippen molar-refractivity contribution in [2.24, 2.45) is 5.92 Å². The van der Waals surface area contributed by atoms with Crippen molar-refractivity contribution in [3.8, 4) is 0 Å². The highest BCUT2D eigenvalue weighted by Crippen LogP contribution is 2.08. The largest absolute Gasteiger partial charge is 0.395 e. The van der Waals surface area contributed by atoms with Crippen molar-refractivity contribution in [3.63, 3.8) is 0 Å². The number of benzene rings is 1. The Morgan fingerprint density at radius 1 is 1.24 bits per heavy atom. The number of rotatable bonds is 8. The molecule has 21 heavy (non-hydrogen) atoms. The van der Waals surface area contributed by atoms with Crippen molar-refractivity contribution in [3.05, 3.63) is 47.6 Å². The Balaban J connectivity index is 1.85. The maximum Gasteiger partial charge on any atom is 0.240 e. The van der Waals surface area contributed by atoms with Crippen molar-refractivity contribution in [2.45, 2.75) is 39.3 Å². The van der Waals surface area contributed by atoms with Gasteiger partial charge in [-0.05, 0) is 17.9 Å². The normalized spacial score (nSPS) is 12.8. The average Bonchev–Trinajstić information content (AvgIpc) is 2.91. The molecule has 0 fully saturated rings. The number of aliphatic hydroxyl groups excluding tert-OH is 1. The molecule has 1 unspecified atom stereocenters. The van der Waals surface area contributed by atoms with Crippen LogP contribution >= 0.6 is 0 Å². The van der Waals surface area contributed by atoms with Crippen LogP contribution in [0.5, 0.6) is 0 Å². The number of hydrogen-bond donors (Lipinski definition) is 2. The van der Waals surface area contributed by atoms with E-state index in [4.69, 9.17) is 4.52 Å². The van der Waals surface area contributed by atoms with Gasteiger partial charge in [0.25, 0.3) is 0 Å². The molecule has 5 nitrogen and oxygen atoms in total. The highest BCUT2D eigenvalue weighted by molar-refractivity contribution is 5.18. The van der Waals surface area contributed by atoms with Crippen LogP contribution in [0.4, 0.5) is 0 Å². The highest BCUT2D eigenvalue weighted by atomic mass is 16.5. The van der Waals surface area contributed by atoms with Gasteiger partial charge in [0.2, 0.25) is 5.89 Å². The summed E-state index contributed by atoms with van der Waals surface area (Å²) in [5.41, 5.74) is 1.16. The summed E-state index contributed by atoms with van der Waals surface area (Å²) in [6.45, 7) is 4.87. The van der Waals surface area contributed by atoms with Gasteiger partial charge in [0.1, 0.15) is 0 Å². The third kappa shape index (κ3) is 5.28. The van der Waals surface area contributed by atoms with E-state index in [1.54, 1.807) is 0 Å². The molecular weight excluding hydrogens is 266 g/mol. The predicted octanol–water partition coefficient (Wildman–Crippen LogP) is 2.16. The topological polar surface area (TPSA) is 71.2 Å². The monoisotopic (exact) mass is 289 g/mol. The third-order valence-corrected chi connectivity index (χ3v) is 3.23. The summed E-state index contributed by atoms with van der Waals surface area (Å²) in [6, 6.07) is 10.1. The average molecular weight is 289 g/mol. The van der Waals surface area contributed by atoms with Crippen LogP contribution in [0.25, 0.3) is 0 Å². The smallest absolute Gasteiger partial charge is 0.240 e. The quantitative estimate of drug-likeness (QED) is 0.779. The molecule has 0 saturated carbocycles. The molecule has 0 saturated heterocycles. The minimum absolute atomic E-state index is 0.0643. The van der Waals surface area contributed by atoms with Gasteiger partial charge < -0.3 is 14.9 Å². The van der Waals surface area contributed by atoms with Crippen molar-refractivity contribution in [2.75, 3.05) is 6.61 Å². The maximum absolute atomic E-state index is 9.32. The molecule has 0 bridgehead atoms. The van der Waals surface area contributed by atoms with E-state index in [2.05, 4.69) is 29.3 Å². The minimum atomic E-state index is 0.0643. The Morgan fingerprint density at radius 3 is 2.67 bits per heavy atom. The van der Waals surface area contributed by atoms with Crippen LogP contribution < -0.4 is 5.32 Å². The summed E-state index contributed by atoms with van der Waals surface area (Å²) in [4.78, 5) is 4.37. The van der Waals surface area contributed by atoms with Gasteiger partial charge in [0.05, 0.1) is 13.2 Å². The fourth-order valence-corrected chi connectivity index (χ4v) is 2.24. The molecule has 0 amide bonds. The van der Waals surface area contributed by atoms with Crippen LogP contribution in [-0.4, -0.2) is 27.9 Å². The summed E-state index contributed by atoms with van der Waals surface area (Å²) in [6.07, 6.45) is 1.58. The zero-order chi connectivity index (χ0) is 15.1. The van der Waals surface area contributed by atoms with E-state index in [1.807, 2.05) is 30.3 Å². The molecule has 0 radical (unpaired) electrons. The molecule has 0 aliphatic rings. The van der Waals surface area contributed by atoms with Crippen LogP contribution in [-0.2, 0) is 13.0 Å². The van der Waals surface area contributed by atoms with Crippen LogP contribution in [0.3, 0.4) is 0 Å². The van der Waals surface area contributed by atoms with E-state index >= 15 is 0 Å². The first-order valence-corrected chi connectivity index (χ1v) is 7.37. The summed E-state index contributed by atoms with van der Waals surface area (Å²) in [5.74, 6) is 1.77. The lowest BCUT2D eigenvalue weighted by molar-refractivity contribution is 0.218. The molecule has 2 rings (SSSR count). The van der Waals surface area contributed by atoms with Crippen molar-refractivity contribution in [1.82, 2.24) is 15.5 Å². The van der Waals surface area contributed by atoms with E-state index < -0.39 is 0 Å². The Morgan fingerprint density at radius 2 is 2.00 bits per heavy atom. The summed E-state index contributed by atoms with van der Waals surface area (Å²) in [7, 11) is 0. The fraction of sp³-hybridized carbons (Fsp3) is 0.500. The first-order chi connectivity index (χ1) is 10.2. The molecule has 114 valence electrons. The van der Waals surface area contributed by atoms with Gasteiger partial charge in [-0.25, -0.2) is 0 Å². The molecule has 1 aromatic carbocycles. The number of nitrogens with one attached hydrogen (secondary N) is 1. The lowest BCUT2D eigenvalue weighted by atomic mass is 10.0. The molecule has 1 aromatic heterocycles. The van der Waals surface area contributed by atoms with Crippen molar-refractivity contribution < 1.29 is 9.63 Å². The van der Waals surface area contributed by atoms with Gasteiger partial charge in [-0.2, -0.15) is 4.98 Å². The van der Waals surface area contributed by atoms with Crippen molar-refractivity contribution >= 4 is 0 Å². The zero-order valence-corrected chi connectivity index (χ0v) is 12.6. The van der Waals surface area contributed by atoms with E-state index in [-0.39, 0.29) is 12.6 Å². The second-order valence-corrected chi connectivity index (χ2v) is 5.66. The second-order valence-electron chi connectivity index (χ2n) is 5.66. The SMILES string of the molecule is CC(C)CC(CO)NCc1nc(Cc2ccccc2)no1. The lowest BCUT2D eigenvalue weighted by Crippen LogP contribution is -2.33. The van der Waals surface area contributed by atoms with Crippen LogP contribution in [0.1, 0.15) is 37.5 Å². The van der Waals surface area contributed by atoms with Gasteiger partial charge in [-0.1, -0.05) is 49.3 Å². The van der Waals surface area contributed by atoms with Gasteiger partial charge in [-0.3, -0.25) is 0 Å². The number of aliphatic hydroxyl groups is 1. The standard InChI is InChI=1S/C16H23N3O2/c1-12(2)8-14(11-20)17-10-16-18-15(19-21-16)9-13-6-4-3-5-7-13/h3-7,12,14,17,20H,8-11H2,1-2H3. The molecule has 2 N–H and O–H groups in total. The van der Waals surface area contributed by atoms with Gasteiger partial charge in [0.15, 0.2) is 5.82 Å². The minimum Gasteiger partial charge on any atom is -0.395 e. The molecular formula is C16H23N3O2. The molecule has 0 aliphatic heterocycles. The molecule has 1 atom stereocenters. The van der Waals surface area contributed by atoms with Gasteiger partial charge in [-0.15, -0.1) is 0 Å². The number of nitrogens with zero attached hydrogens (tertiary/aromatic N) is 2. The van der Waals surface area contributed by atoms with E-state index in [9.17, 15) is 5.11 Å². The van der Waals surface area contributed by atoms with E-state index in [1.165, 1.54) is 0 Å². The Hall–Kier alpha value is -1.72. The lowest BCUT2D eigenvalue weighted by Gasteiger charge is -2.16. The van der Waals surface area contributed by atoms with E-state index in [0.717, 1.165) is 12.0 Å². The Kier molecular flexibility index (Phi) is 5.90. The Labute approximate surface area is 125 Å². The molecule has 5 heteroatoms. The highest BCUT2D eigenvalue weighted by Gasteiger charge is 2.12. The first kappa shape index (κ1) is 15.7. The fourth-order valence-electron chi connectivity index (χ4n) is 2.24.